The van der Waals surface area contributed by atoms with Crippen molar-refractivity contribution < 1.29 is 0 Å². The van der Waals surface area contributed by atoms with Crippen LogP contribution in [0.2, 0.25) is 0 Å². The summed E-state index contributed by atoms with van der Waals surface area (Å²) in [7, 11) is 0. The van der Waals surface area contributed by atoms with Crippen LogP contribution >= 0.6 is 0 Å². The molecule has 90 valence electrons. The van der Waals surface area contributed by atoms with Gasteiger partial charge in [-0.1, -0.05) is 36.5 Å². The quantitative estimate of drug-likeness (QED) is 0.726. The van der Waals surface area contributed by atoms with Crippen LogP contribution in [0, 0.1) is 0 Å². The molecule has 0 aliphatic heterocycles. The lowest BCUT2D eigenvalue weighted by Gasteiger charge is -2.04. The maximum absolute atomic E-state index is 5.73. The summed E-state index contributed by atoms with van der Waals surface area (Å²) < 4.78 is 0. The Balaban J connectivity index is 2.70. The van der Waals surface area contributed by atoms with Gasteiger partial charge in [0.05, 0.1) is 0 Å². The Labute approximate surface area is 103 Å². The van der Waals surface area contributed by atoms with Crippen LogP contribution in [0.3, 0.4) is 0 Å². The van der Waals surface area contributed by atoms with Crippen LogP contribution in [0.4, 0.5) is 0 Å². The Bertz CT molecular complexity index is 432. The fourth-order valence-electron chi connectivity index (χ4n) is 1.55. The molecular weight excluding hydrogens is 208 g/mol. The predicted octanol–water partition coefficient (Wildman–Crippen LogP) is 3.08. The van der Waals surface area contributed by atoms with Crippen LogP contribution in [-0.2, 0) is 0 Å². The van der Waals surface area contributed by atoms with Gasteiger partial charge in [-0.2, -0.15) is 0 Å². The van der Waals surface area contributed by atoms with E-state index in [1.165, 1.54) is 11.1 Å². The van der Waals surface area contributed by atoms with Crippen molar-refractivity contribution in [3.05, 3.63) is 71.7 Å². The van der Waals surface area contributed by atoms with Crippen molar-refractivity contribution in [2.24, 2.45) is 11.5 Å². The first-order valence-corrected chi connectivity index (χ1v) is 5.71. The minimum atomic E-state index is 0.572. The summed E-state index contributed by atoms with van der Waals surface area (Å²) >= 11 is 0. The molecule has 0 amide bonds. The molecule has 2 nitrogen and oxygen atoms in total. The van der Waals surface area contributed by atoms with Crippen molar-refractivity contribution in [1.29, 1.82) is 0 Å². The zero-order chi connectivity index (χ0) is 12.7. The van der Waals surface area contributed by atoms with Crippen LogP contribution in [0.5, 0.6) is 0 Å². The summed E-state index contributed by atoms with van der Waals surface area (Å²) in [6, 6.07) is 0. The van der Waals surface area contributed by atoms with Crippen LogP contribution < -0.4 is 11.5 Å². The van der Waals surface area contributed by atoms with Crippen LogP contribution in [-0.4, -0.2) is 0 Å². The first-order valence-electron chi connectivity index (χ1n) is 5.71. The second-order valence-corrected chi connectivity index (χ2v) is 4.05. The Hall–Kier alpha value is -1.96. The zero-order valence-corrected chi connectivity index (χ0v) is 10.3. The van der Waals surface area contributed by atoms with Crippen molar-refractivity contribution in [1.82, 2.24) is 0 Å². The van der Waals surface area contributed by atoms with E-state index in [1.54, 1.807) is 0 Å². The fourth-order valence-corrected chi connectivity index (χ4v) is 1.55. The predicted molar refractivity (Wildman–Crippen MR) is 75.0 cm³/mol. The Morgan fingerprint density at radius 3 is 2.82 bits per heavy atom. The smallest absolute Gasteiger partial charge is 0.0310 e. The molecule has 0 fully saturated rings. The van der Waals surface area contributed by atoms with Gasteiger partial charge in [-0.05, 0) is 43.6 Å². The van der Waals surface area contributed by atoms with E-state index in [9.17, 15) is 0 Å². The van der Waals surface area contributed by atoms with E-state index in [0.717, 1.165) is 18.5 Å². The maximum atomic E-state index is 5.73. The molecule has 0 aromatic carbocycles. The van der Waals surface area contributed by atoms with Gasteiger partial charge in [0, 0.05) is 11.4 Å². The number of nitrogens with two attached hydrogens (primary N) is 2. The second kappa shape index (κ2) is 6.59. The van der Waals surface area contributed by atoms with Crippen molar-refractivity contribution in [2.75, 3.05) is 0 Å². The summed E-state index contributed by atoms with van der Waals surface area (Å²) in [5.41, 5.74) is 15.2. The highest BCUT2D eigenvalue weighted by atomic mass is 14.6. The molecule has 1 aliphatic rings. The molecule has 17 heavy (non-hydrogen) atoms. The molecule has 0 aromatic heterocycles. The summed E-state index contributed by atoms with van der Waals surface area (Å²) in [5.74, 6) is 0. The highest BCUT2D eigenvalue weighted by Crippen LogP contribution is 2.18. The molecule has 0 saturated heterocycles. The molecule has 0 aromatic rings. The Morgan fingerprint density at radius 1 is 1.41 bits per heavy atom. The third-order valence-electron chi connectivity index (χ3n) is 2.52. The molecule has 0 bridgehead atoms. The second-order valence-electron chi connectivity index (χ2n) is 4.05. The molecule has 0 unspecified atom stereocenters. The zero-order valence-electron chi connectivity index (χ0n) is 10.3. The third-order valence-corrected chi connectivity index (χ3v) is 2.52. The Kier molecular flexibility index (Phi) is 5.08. The van der Waals surface area contributed by atoms with Crippen molar-refractivity contribution in [2.45, 2.75) is 19.8 Å². The number of allylic oxidation sites excluding steroid dienone is 9. The maximum Gasteiger partial charge on any atom is 0.0310 e. The minimum absolute atomic E-state index is 0.572. The molecule has 0 atom stereocenters. The summed E-state index contributed by atoms with van der Waals surface area (Å²) in [5, 5.41) is 0. The van der Waals surface area contributed by atoms with Gasteiger partial charge in [-0.25, -0.2) is 0 Å². The summed E-state index contributed by atoms with van der Waals surface area (Å²) in [6.07, 6.45) is 15.8. The van der Waals surface area contributed by atoms with Gasteiger partial charge in [0.2, 0.25) is 0 Å². The van der Waals surface area contributed by atoms with Gasteiger partial charge < -0.3 is 11.5 Å². The lowest BCUT2D eigenvalue weighted by molar-refractivity contribution is 1.07. The monoisotopic (exact) mass is 228 g/mol. The van der Waals surface area contributed by atoms with Gasteiger partial charge in [0.1, 0.15) is 0 Å². The number of rotatable bonds is 4. The lowest BCUT2D eigenvalue weighted by Crippen LogP contribution is -1.90. The van der Waals surface area contributed by atoms with Crippen LogP contribution in [0.1, 0.15) is 19.8 Å². The first-order chi connectivity index (χ1) is 8.11. The van der Waals surface area contributed by atoms with Crippen molar-refractivity contribution in [3.63, 3.8) is 0 Å². The third kappa shape index (κ3) is 5.07. The van der Waals surface area contributed by atoms with E-state index in [-0.39, 0.29) is 0 Å². The van der Waals surface area contributed by atoms with Gasteiger partial charge in [-0.15, -0.1) is 0 Å². The number of hydrogen-bond donors (Lipinski definition) is 2. The normalized spacial score (nSPS) is 16.6. The number of hydrogen-bond acceptors (Lipinski definition) is 2. The molecule has 2 heteroatoms. The van der Waals surface area contributed by atoms with E-state index in [4.69, 9.17) is 11.5 Å². The highest BCUT2D eigenvalue weighted by molar-refractivity contribution is 5.34. The van der Waals surface area contributed by atoms with Gasteiger partial charge in [0.25, 0.3) is 0 Å². The molecule has 0 spiro atoms. The van der Waals surface area contributed by atoms with Gasteiger partial charge in [0.15, 0.2) is 0 Å². The van der Waals surface area contributed by atoms with E-state index in [1.807, 2.05) is 31.2 Å². The SMILES string of the molecule is C=C(N)/C=C\C(=C/C)CC1=CC=C(N)C=CC1. The molecular formula is C15H20N2. The topological polar surface area (TPSA) is 52.0 Å². The van der Waals surface area contributed by atoms with E-state index >= 15 is 0 Å². The largest absolute Gasteiger partial charge is 0.399 e. The molecule has 0 heterocycles. The van der Waals surface area contributed by atoms with Gasteiger partial charge >= 0.3 is 0 Å². The highest BCUT2D eigenvalue weighted by Gasteiger charge is 2.00. The lowest BCUT2D eigenvalue weighted by atomic mass is 10.0. The van der Waals surface area contributed by atoms with Crippen LogP contribution in [0.25, 0.3) is 0 Å². The summed E-state index contributed by atoms with van der Waals surface area (Å²) in [4.78, 5) is 0. The molecule has 4 N–H and O–H groups in total. The van der Waals surface area contributed by atoms with Crippen molar-refractivity contribution >= 4 is 0 Å². The van der Waals surface area contributed by atoms with Crippen molar-refractivity contribution in [3.8, 4) is 0 Å². The minimum Gasteiger partial charge on any atom is -0.399 e. The van der Waals surface area contributed by atoms with E-state index < -0.39 is 0 Å². The van der Waals surface area contributed by atoms with E-state index in [2.05, 4.69) is 24.8 Å². The average Bonchev–Trinajstić information content (AvgIpc) is 2.49. The molecule has 1 aliphatic carbocycles. The first kappa shape index (κ1) is 13.1. The van der Waals surface area contributed by atoms with E-state index in [0.29, 0.717) is 5.70 Å². The van der Waals surface area contributed by atoms with Gasteiger partial charge in [-0.3, -0.25) is 0 Å². The molecule has 0 saturated carbocycles. The molecule has 1 rings (SSSR count). The van der Waals surface area contributed by atoms with Crippen LogP contribution in [0.15, 0.2) is 71.7 Å². The average molecular weight is 228 g/mol. The fraction of sp³-hybridized carbons (Fsp3) is 0.200. The molecule has 0 radical (unpaired) electrons. The Morgan fingerprint density at radius 2 is 2.18 bits per heavy atom. The standard InChI is InChI=1S/C15H20N2/c1-3-13(8-7-12(2)16)11-14-5-4-6-15(17)10-9-14/h3-4,6-10H,2,5,11,16-17H2,1H3/b8-7-,13-3+. The summed E-state index contributed by atoms with van der Waals surface area (Å²) in [6.45, 7) is 5.67.